The van der Waals surface area contributed by atoms with Crippen molar-refractivity contribution < 1.29 is 4.79 Å². The van der Waals surface area contributed by atoms with E-state index in [1.54, 1.807) is 0 Å². The summed E-state index contributed by atoms with van der Waals surface area (Å²) in [6, 6.07) is 9.92. The molecule has 0 fully saturated rings. The number of carbonyl (C=O) groups excluding carboxylic acids is 1. The van der Waals surface area contributed by atoms with Gasteiger partial charge in [0.05, 0.1) is 0 Å². The third kappa shape index (κ3) is 3.92. The monoisotopic (exact) mass is 322 g/mol. The molecule has 0 atom stereocenters. The van der Waals surface area contributed by atoms with Crippen molar-refractivity contribution in [3.05, 3.63) is 56.8 Å². The maximum atomic E-state index is 11.6. The number of nitrogens with zero attached hydrogens (tertiary/aromatic N) is 1. The number of aromatic nitrogens is 2. The number of hydrogen-bond acceptors (Lipinski definition) is 3. The Kier molecular flexibility index (Phi) is 4.30. The highest BCUT2D eigenvalue weighted by Gasteiger charge is 2.04. The molecule has 1 heterocycles. The topological polar surface area (TPSA) is 86.9 Å². The van der Waals surface area contributed by atoms with Gasteiger partial charge < -0.3 is 5.32 Å². The molecule has 3 N–H and O–H groups in total. The lowest BCUT2D eigenvalue weighted by atomic mass is 10.2. The molecule has 0 aliphatic carbocycles. The zero-order chi connectivity index (χ0) is 13.7. The van der Waals surface area contributed by atoms with Crippen LogP contribution in [0.4, 0.5) is 10.6 Å². The highest BCUT2D eigenvalue weighted by molar-refractivity contribution is 9.10. The molecular weight excluding hydrogens is 312 g/mol. The summed E-state index contributed by atoms with van der Waals surface area (Å²) in [5.74, 6) is 0.282. The Balaban J connectivity index is 1.90. The smallest absolute Gasteiger partial charge is 0.320 e. The third-order valence-electron chi connectivity index (χ3n) is 2.32. The quantitative estimate of drug-likeness (QED) is 0.806. The largest absolute Gasteiger partial charge is 0.334 e. The molecule has 19 heavy (non-hydrogen) atoms. The van der Waals surface area contributed by atoms with Crippen LogP contribution in [0, 0.1) is 0 Å². The van der Waals surface area contributed by atoms with Crippen LogP contribution in [0.15, 0.2) is 45.7 Å². The summed E-state index contributed by atoms with van der Waals surface area (Å²) >= 11 is 3.40. The van der Waals surface area contributed by atoms with Crippen molar-refractivity contribution in [2.75, 3.05) is 5.32 Å². The molecular formula is C12H11BrN4O2. The average molecular weight is 323 g/mol. The molecule has 0 saturated heterocycles. The Morgan fingerprint density at radius 1 is 1.26 bits per heavy atom. The molecule has 2 rings (SSSR count). The van der Waals surface area contributed by atoms with Crippen molar-refractivity contribution in [3.8, 4) is 0 Å². The van der Waals surface area contributed by atoms with Crippen molar-refractivity contribution in [2.24, 2.45) is 0 Å². The number of H-pyrrole nitrogens is 1. The fraction of sp³-hybridized carbons (Fsp3) is 0.0833. The van der Waals surface area contributed by atoms with Crippen molar-refractivity contribution >= 4 is 27.8 Å². The lowest BCUT2D eigenvalue weighted by Gasteiger charge is -2.07. The summed E-state index contributed by atoms with van der Waals surface area (Å²) in [4.78, 5) is 22.4. The first kappa shape index (κ1) is 13.3. The van der Waals surface area contributed by atoms with Gasteiger partial charge in [0.25, 0.3) is 5.56 Å². The van der Waals surface area contributed by atoms with Gasteiger partial charge in [-0.2, -0.15) is 5.10 Å². The minimum atomic E-state index is -0.393. The van der Waals surface area contributed by atoms with E-state index in [0.717, 1.165) is 10.0 Å². The van der Waals surface area contributed by atoms with E-state index in [0.29, 0.717) is 6.54 Å². The first-order chi connectivity index (χ1) is 9.15. The predicted molar refractivity (Wildman–Crippen MR) is 74.9 cm³/mol. The molecule has 7 heteroatoms. The van der Waals surface area contributed by atoms with Crippen LogP contribution < -0.4 is 16.2 Å². The van der Waals surface area contributed by atoms with Crippen LogP contribution in [-0.4, -0.2) is 16.2 Å². The van der Waals surface area contributed by atoms with Gasteiger partial charge in [0.15, 0.2) is 5.82 Å². The molecule has 0 aliphatic rings. The molecule has 0 radical (unpaired) electrons. The van der Waals surface area contributed by atoms with Gasteiger partial charge in [0.1, 0.15) is 0 Å². The van der Waals surface area contributed by atoms with Gasteiger partial charge in [-0.3, -0.25) is 10.1 Å². The average Bonchev–Trinajstić information content (AvgIpc) is 2.40. The van der Waals surface area contributed by atoms with Crippen molar-refractivity contribution in [1.82, 2.24) is 15.5 Å². The maximum absolute atomic E-state index is 11.6. The van der Waals surface area contributed by atoms with Crippen LogP contribution in [0.25, 0.3) is 0 Å². The number of amides is 2. The maximum Gasteiger partial charge on any atom is 0.320 e. The second-order valence-electron chi connectivity index (χ2n) is 3.71. The Morgan fingerprint density at radius 3 is 2.74 bits per heavy atom. The first-order valence-corrected chi connectivity index (χ1v) is 6.28. The second-order valence-corrected chi connectivity index (χ2v) is 4.56. The molecule has 2 aromatic rings. The highest BCUT2D eigenvalue weighted by atomic mass is 79.9. The molecule has 1 aromatic heterocycles. The van der Waals surface area contributed by atoms with E-state index in [-0.39, 0.29) is 11.4 Å². The number of urea groups is 1. The predicted octanol–water partition coefficient (Wildman–Crippen LogP) is 1.85. The molecule has 0 saturated carbocycles. The number of nitrogens with one attached hydrogen (secondary N) is 3. The Hall–Kier alpha value is -2.15. The van der Waals surface area contributed by atoms with Crippen molar-refractivity contribution in [1.29, 1.82) is 0 Å². The van der Waals surface area contributed by atoms with E-state index in [1.165, 1.54) is 12.1 Å². The Morgan fingerprint density at radius 2 is 2.05 bits per heavy atom. The summed E-state index contributed by atoms with van der Waals surface area (Å²) < 4.78 is 0.928. The minimum Gasteiger partial charge on any atom is -0.334 e. The standard InChI is InChI=1S/C12H11BrN4O2/c13-9-4-2-1-3-8(9)7-14-12(19)15-10-5-6-11(18)17-16-10/h1-6H,7H2,(H,17,18)(H2,14,15,16,19). The number of anilines is 1. The summed E-state index contributed by atoms with van der Waals surface area (Å²) in [7, 11) is 0. The molecule has 0 aliphatic heterocycles. The Labute approximate surface area is 117 Å². The minimum absolute atomic E-state index is 0.282. The number of halogens is 1. The molecule has 2 amide bonds. The van der Waals surface area contributed by atoms with E-state index >= 15 is 0 Å². The molecule has 1 aromatic carbocycles. The summed E-state index contributed by atoms with van der Waals surface area (Å²) in [6.07, 6.45) is 0. The lowest BCUT2D eigenvalue weighted by Crippen LogP contribution is -2.29. The number of aromatic amines is 1. The normalized spacial score (nSPS) is 9.95. The SMILES string of the molecule is O=C(NCc1ccccc1Br)Nc1ccc(=O)[nH]n1. The number of rotatable bonds is 3. The summed E-state index contributed by atoms with van der Waals surface area (Å²) in [5.41, 5.74) is 0.645. The van der Waals surface area contributed by atoms with Crippen molar-refractivity contribution in [2.45, 2.75) is 6.54 Å². The van der Waals surface area contributed by atoms with Crippen LogP contribution in [0.5, 0.6) is 0 Å². The van der Waals surface area contributed by atoms with Crippen LogP contribution in [0.1, 0.15) is 5.56 Å². The highest BCUT2D eigenvalue weighted by Crippen LogP contribution is 2.15. The van der Waals surface area contributed by atoms with Gasteiger partial charge in [0, 0.05) is 17.1 Å². The zero-order valence-electron chi connectivity index (χ0n) is 9.81. The van der Waals surface area contributed by atoms with E-state index in [1.807, 2.05) is 24.3 Å². The van der Waals surface area contributed by atoms with Gasteiger partial charge in [-0.05, 0) is 17.7 Å². The first-order valence-electron chi connectivity index (χ1n) is 5.49. The van der Waals surface area contributed by atoms with Gasteiger partial charge in [-0.1, -0.05) is 34.1 Å². The van der Waals surface area contributed by atoms with Crippen LogP contribution >= 0.6 is 15.9 Å². The fourth-order valence-electron chi connectivity index (χ4n) is 1.39. The second kappa shape index (κ2) is 6.14. The molecule has 0 unspecified atom stereocenters. The van der Waals surface area contributed by atoms with Gasteiger partial charge in [0.2, 0.25) is 0 Å². The fourth-order valence-corrected chi connectivity index (χ4v) is 1.82. The third-order valence-corrected chi connectivity index (χ3v) is 3.09. The van der Waals surface area contributed by atoms with E-state index in [2.05, 4.69) is 36.8 Å². The lowest BCUT2D eigenvalue weighted by molar-refractivity contribution is 0.251. The van der Waals surface area contributed by atoms with Crippen LogP contribution in [-0.2, 0) is 6.54 Å². The van der Waals surface area contributed by atoms with E-state index < -0.39 is 6.03 Å². The molecule has 6 nitrogen and oxygen atoms in total. The van der Waals surface area contributed by atoms with Gasteiger partial charge in [-0.15, -0.1) is 0 Å². The Bertz CT molecular complexity index is 621. The van der Waals surface area contributed by atoms with Gasteiger partial charge >= 0.3 is 6.03 Å². The summed E-state index contributed by atoms with van der Waals surface area (Å²) in [6.45, 7) is 0.386. The number of carbonyl (C=O) groups is 1. The van der Waals surface area contributed by atoms with Crippen LogP contribution in [0.3, 0.4) is 0 Å². The molecule has 0 spiro atoms. The van der Waals surface area contributed by atoms with Crippen molar-refractivity contribution in [3.63, 3.8) is 0 Å². The zero-order valence-corrected chi connectivity index (χ0v) is 11.4. The number of benzene rings is 1. The van der Waals surface area contributed by atoms with Gasteiger partial charge in [-0.25, -0.2) is 9.89 Å². The van der Waals surface area contributed by atoms with E-state index in [9.17, 15) is 9.59 Å². The van der Waals surface area contributed by atoms with Crippen LogP contribution in [0.2, 0.25) is 0 Å². The van der Waals surface area contributed by atoms with E-state index in [4.69, 9.17) is 0 Å². The molecule has 98 valence electrons. The molecule has 0 bridgehead atoms. The number of hydrogen-bond donors (Lipinski definition) is 3. The summed E-state index contributed by atoms with van der Waals surface area (Å²) in [5, 5.41) is 11.1.